The minimum absolute atomic E-state index is 0.271. The van der Waals surface area contributed by atoms with Crippen molar-refractivity contribution < 1.29 is 12.9 Å². The molecule has 1 aliphatic heterocycles. The molecule has 0 saturated carbocycles. The van der Waals surface area contributed by atoms with Crippen molar-refractivity contribution in [2.75, 3.05) is 31.9 Å². The summed E-state index contributed by atoms with van der Waals surface area (Å²) in [6.07, 6.45) is 1.65. The van der Waals surface area contributed by atoms with Crippen molar-refractivity contribution in [3.05, 3.63) is 17.0 Å². The molecule has 0 radical (unpaired) electrons. The number of sulfonamides is 1. The van der Waals surface area contributed by atoms with Crippen molar-refractivity contribution in [1.82, 2.24) is 14.4 Å². The average molecular weight is 315 g/mol. The summed E-state index contributed by atoms with van der Waals surface area (Å²) in [5.41, 5.74) is 2.04. The molecule has 1 aromatic rings. The molecular weight excluding hydrogens is 290 g/mol. The van der Waals surface area contributed by atoms with E-state index >= 15 is 0 Å². The lowest BCUT2D eigenvalue weighted by Gasteiger charge is -2.33. The second-order valence-electron chi connectivity index (χ2n) is 5.65. The van der Waals surface area contributed by atoms with Gasteiger partial charge in [-0.3, -0.25) is 4.90 Å². The van der Waals surface area contributed by atoms with Crippen LogP contribution in [0.15, 0.2) is 4.52 Å². The minimum Gasteiger partial charge on any atom is -0.361 e. The lowest BCUT2D eigenvalue weighted by atomic mass is 10.2. The standard InChI is InChI=1S/C14H25N3O3S/c1-4-5-10-21(18,19)17-8-6-16(7-9-17)11-14-12(2)15-20-13(14)3/h4-11H2,1-3H3. The molecule has 2 rings (SSSR count). The molecule has 2 heterocycles. The predicted octanol–water partition coefficient (Wildman–Crippen LogP) is 1.54. The van der Waals surface area contributed by atoms with Crippen LogP contribution in [0, 0.1) is 13.8 Å². The van der Waals surface area contributed by atoms with Gasteiger partial charge in [0, 0.05) is 38.3 Å². The lowest BCUT2D eigenvalue weighted by molar-refractivity contribution is 0.180. The maximum atomic E-state index is 12.2. The summed E-state index contributed by atoms with van der Waals surface area (Å²) in [4.78, 5) is 2.26. The molecule has 0 atom stereocenters. The Kier molecular flexibility index (Phi) is 5.40. The zero-order valence-electron chi connectivity index (χ0n) is 13.1. The van der Waals surface area contributed by atoms with E-state index in [0.29, 0.717) is 13.1 Å². The van der Waals surface area contributed by atoms with Gasteiger partial charge in [-0.25, -0.2) is 8.42 Å². The molecule has 120 valence electrons. The number of nitrogens with zero attached hydrogens (tertiary/aromatic N) is 3. The van der Waals surface area contributed by atoms with Crippen molar-refractivity contribution in [2.24, 2.45) is 0 Å². The Morgan fingerprint density at radius 3 is 2.38 bits per heavy atom. The topological polar surface area (TPSA) is 66.7 Å². The number of piperazine rings is 1. The SMILES string of the molecule is CCCCS(=O)(=O)N1CCN(Cc2c(C)noc2C)CC1. The molecule has 0 spiro atoms. The quantitative estimate of drug-likeness (QED) is 0.796. The first-order valence-electron chi connectivity index (χ1n) is 7.56. The highest BCUT2D eigenvalue weighted by atomic mass is 32.2. The Hall–Kier alpha value is -0.920. The van der Waals surface area contributed by atoms with E-state index < -0.39 is 10.0 Å². The summed E-state index contributed by atoms with van der Waals surface area (Å²) in [5, 5.41) is 3.96. The Balaban J connectivity index is 1.89. The Labute approximate surface area is 127 Å². The third-order valence-corrected chi connectivity index (χ3v) is 6.00. The molecule has 1 aromatic heterocycles. The van der Waals surface area contributed by atoms with Crippen LogP contribution in [0.5, 0.6) is 0 Å². The van der Waals surface area contributed by atoms with Crippen LogP contribution >= 0.6 is 0 Å². The molecule has 0 bridgehead atoms. The third kappa shape index (κ3) is 4.05. The fourth-order valence-corrected chi connectivity index (χ4v) is 4.20. The molecule has 0 unspecified atom stereocenters. The molecule has 6 nitrogen and oxygen atoms in total. The predicted molar refractivity (Wildman–Crippen MR) is 81.5 cm³/mol. The van der Waals surface area contributed by atoms with Gasteiger partial charge in [0.05, 0.1) is 11.4 Å². The Morgan fingerprint density at radius 2 is 1.86 bits per heavy atom. The van der Waals surface area contributed by atoms with Gasteiger partial charge in [-0.1, -0.05) is 18.5 Å². The number of aromatic nitrogens is 1. The molecule has 1 aliphatic rings. The van der Waals surface area contributed by atoms with Crippen molar-refractivity contribution in [1.29, 1.82) is 0 Å². The van der Waals surface area contributed by atoms with E-state index in [1.807, 2.05) is 20.8 Å². The van der Waals surface area contributed by atoms with E-state index in [1.165, 1.54) is 0 Å². The van der Waals surface area contributed by atoms with Gasteiger partial charge in [0.1, 0.15) is 5.76 Å². The second kappa shape index (κ2) is 6.89. The molecule has 7 heteroatoms. The molecular formula is C14H25N3O3S. The zero-order valence-corrected chi connectivity index (χ0v) is 13.9. The van der Waals surface area contributed by atoms with Crippen LogP contribution in [-0.4, -0.2) is 54.7 Å². The monoisotopic (exact) mass is 315 g/mol. The highest BCUT2D eigenvalue weighted by molar-refractivity contribution is 7.89. The maximum absolute atomic E-state index is 12.2. The highest BCUT2D eigenvalue weighted by Crippen LogP contribution is 2.17. The smallest absolute Gasteiger partial charge is 0.214 e. The van der Waals surface area contributed by atoms with Gasteiger partial charge in [0.2, 0.25) is 10.0 Å². The van der Waals surface area contributed by atoms with Crippen molar-refractivity contribution in [3.63, 3.8) is 0 Å². The summed E-state index contributed by atoms with van der Waals surface area (Å²) < 4.78 is 31.1. The highest BCUT2D eigenvalue weighted by Gasteiger charge is 2.27. The summed E-state index contributed by atoms with van der Waals surface area (Å²) in [7, 11) is -3.07. The van der Waals surface area contributed by atoms with Crippen LogP contribution in [0.2, 0.25) is 0 Å². The number of hydrogen-bond acceptors (Lipinski definition) is 5. The van der Waals surface area contributed by atoms with Gasteiger partial charge in [-0.05, 0) is 20.3 Å². The van der Waals surface area contributed by atoms with Crippen LogP contribution in [0.1, 0.15) is 36.8 Å². The van der Waals surface area contributed by atoms with Crippen LogP contribution in [0.4, 0.5) is 0 Å². The van der Waals surface area contributed by atoms with Gasteiger partial charge >= 0.3 is 0 Å². The van der Waals surface area contributed by atoms with Gasteiger partial charge in [0.25, 0.3) is 0 Å². The van der Waals surface area contributed by atoms with Gasteiger partial charge < -0.3 is 4.52 Å². The van der Waals surface area contributed by atoms with Crippen molar-refractivity contribution >= 4 is 10.0 Å². The minimum atomic E-state index is -3.07. The molecule has 1 fully saturated rings. The third-order valence-electron chi connectivity index (χ3n) is 4.04. The summed E-state index contributed by atoms with van der Waals surface area (Å²) in [6, 6.07) is 0. The summed E-state index contributed by atoms with van der Waals surface area (Å²) in [6.45, 7) is 9.33. The maximum Gasteiger partial charge on any atom is 0.214 e. The van der Waals surface area contributed by atoms with Crippen molar-refractivity contribution in [3.8, 4) is 0 Å². The first-order chi connectivity index (χ1) is 9.94. The molecule has 1 saturated heterocycles. The van der Waals surface area contributed by atoms with Crippen LogP contribution in [-0.2, 0) is 16.6 Å². The van der Waals surface area contributed by atoms with Crippen LogP contribution < -0.4 is 0 Å². The molecule has 0 N–H and O–H groups in total. The zero-order chi connectivity index (χ0) is 15.5. The van der Waals surface area contributed by atoms with Crippen LogP contribution in [0.3, 0.4) is 0 Å². The fourth-order valence-electron chi connectivity index (χ4n) is 2.57. The first-order valence-corrected chi connectivity index (χ1v) is 9.17. The number of hydrogen-bond donors (Lipinski definition) is 0. The lowest BCUT2D eigenvalue weighted by Crippen LogP contribution is -2.48. The number of unbranched alkanes of at least 4 members (excludes halogenated alkanes) is 1. The first kappa shape index (κ1) is 16.5. The molecule has 0 aromatic carbocycles. The normalized spacial score (nSPS) is 18.2. The molecule has 0 amide bonds. The Morgan fingerprint density at radius 1 is 1.19 bits per heavy atom. The number of aryl methyl sites for hydroxylation is 2. The molecule has 21 heavy (non-hydrogen) atoms. The molecule has 0 aliphatic carbocycles. The van der Waals surface area contributed by atoms with E-state index in [0.717, 1.165) is 49.5 Å². The average Bonchev–Trinajstić information content (AvgIpc) is 2.78. The number of rotatable bonds is 6. The van der Waals surface area contributed by atoms with Crippen molar-refractivity contribution in [2.45, 2.75) is 40.2 Å². The summed E-state index contributed by atoms with van der Waals surface area (Å²) >= 11 is 0. The van der Waals surface area contributed by atoms with Gasteiger partial charge in [-0.15, -0.1) is 0 Å². The Bertz CT molecular complexity index is 541. The second-order valence-corrected chi connectivity index (χ2v) is 7.74. The van der Waals surface area contributed by atoms with E-state index in [2.05, 4.69) is 10.1 Å². The van der Waals surface area contributed by atoms with Gasteiger partial charge in [-0.2, -0.15) is 4.31 Å². The largest absolute Gasteiger partial charge is 0.361 e. The fraction of sp³-hybridized carbons (Fsp3) is 0.786. The van der Waals surface area contributed by atoms with E-state index in [1.54, 1.807) is 4.31 Å². The van der Waals surface area contributed by atoms with Gasteiger partial charge in [0.15, 0.2) is 0 Å². The van der Waals surface area contributed by atoms with E-state index in [4.69, 9.17) is 4.52 Å². The van der Waals surface area contributed by atoms with Crippen LogP contribution in [0.25, 0.3) is 0 Å². The van der Waals surface area contributed by atoms with E-state index in [-0.39, 0.29) is 5.75 Å². The summed E-state index contributed by atoms with van der Waals surface area (Å²) in [5.74, 6) is 1.12. The van der Waals surface area contributed by atoms with E-state index in [9.17, 15) is 8.42 Å².